The Hall–Kier alpha value is -7.26. The number of ether oxygens (including phenoxy) is 9. The van der Waals surface area contributed by atoms with Gasteiger partial charge in [-0.25, -0.2) is 4.79 Å². The van der Waals surface area contributed by atoms with Crippen molar-refractivity contribution in [3.63, 3.8) is 0 Å². The van der Waals surface area contributed by atoms with Gasteiger partial charge in [0.05, 0.1) is 107 Å². The van der Waals surface area contributed by atoms with Gasteiger partial charge < -0.3 is 53.3 Å². The first-order chi connectivity index (χ1) is 42.1. The lowest BCUT2D eigenvalue weighted by molar-refractivity contribution is -0.149. The predicted octanol–water partition coefficient (Wildman–Crippen LogP) is 13.2. The summed E-state index contributed by atoms with van der Waals surface area (Å²) in [5, 5.41) is 5.56. The van der Waals surface area contributed by atoms with E-state index in [1.54, 1.807) is 13.8 Å². The molecule has 0 saturated carbocycles. The summed E-state index contributed by atoms with van der Waals surface area (Å²) in [6.45, 7) is 43.7. The minimum absolute atomic E-state index is 0.0487. The fraction of sp³-hybridized carbons (Fsp3) is 0.746. The summed E-state index contributed by atoms with van der Waals surface area (Å²) in [4.78, 5) is 109. The van der Waals surface area contributed by atoms with E-state index in [1.807, 2.05) is 20.8 Å². The van der Waals surface area contributed by atoms with Gasteiger partial charge in [0.1, 0.15) is 0 Å². The number of hydrogen-bond acceptors (Lipinski definition) is 19. The van der Waals surface area contributed by atoms with Crippen LogP contribution in [0, 0.1) is 82.9 Å². The maximum Gasteiger partial charge on any atom is 0.507 e. The Morgan fingerprint density at radius 1 is 0.315 bits per heavy atom. The number of nitrogens with one attached hydrogen (secondary N) is 2. The zero-order valence-corrected chi connectivity index (χ0v) is 62.1. The minimum atomic E-state index is -0.603. The molecule has 2 N–H and O–H groups in total. The lowest BCUT2D eigenvalue weighted by Crippen LogP contribution is -2.27. The molecular weight excluding hydrogens is 1180 g/mol. The lowest BCUT2D eigenvalue weighted by atomic mass is 9.91. The molecule has 0 aliphatic carbocycles. The molecule has 0 atom stereocenters. The summed E-state index contributed by atoms with van der Waals surface area (Å²) < 4.78 is 41.2. The van der Waals surface area contributed by atoms with E-state index in [1.165, 1.54) is 42.7 Å². The molecule has 0 aromatic rings. The molecule has 21 heteroatoms. The molecule has 536 valence electrons. The van der Waals surface area contributed by atoms with Gasteiger partial charge in [-0.2, -0.15) is 0 Å². The zero-order chi connectivity index (χ0) is 74.8. The average Bonchev–Trinajstić information content (AvgIpc) is 3.48. The number of terminal acetylenes is 4. The van der Waals surface area contributed by atoms with Crippen molar-refractivity contribution < 1.29 is 90.6 Å². The van der Waals surface area contributed by atoms with Crippen LogP contribution in [0.1, 0.15) is 241 Å². The molecule has 0 saturated heterocycles. The van der Waals surface area contributed by atoms with Crippen molar-refractivity contribution in [2.24, 2.45) is 32.5 Å². The summed E-state index contributed by atoms with van der Waals surface area (Å²) in [5.41, 5.74) is 1.19. The molecule has 0 aliphatic rings. The van der Waals surface area contributed by atoms with Crippen LogP contribution < -0.4 is 10.6 Å². The van der Waals surface area contributed by atoms with Crippen LogP contribution in [0.3, 0.4) is 0 Å². The number of esters is 7. The van der Waals surface area contributed by atoms with Gasteiger partial charge >= 0.3 is 47.9 Å². The van der Waals surface area contributed by atoms with E-state index >= 15 is 0 Å². The zero-order valence-electron chi connectivity index (χ0n) is 62.1. The highest BCUT2D eigenvalue weighted by atomic mass is 16.7. The molecule has 92 heavy (non-hydrogen) atoms. The van der Waals surface area contributed by atoms with E-state index in [2.05, 4.69) is 193 Å². The summed E-state index contributed by atoms with van der Waals surface area (Å²) in [6.07, 6.45) is 32.7. The minimum Gasteiger partial charge on any atom is -0.469 e. The molecule has 0 rings (SSSR count). The van der Waals surface area contributed by atoms with E-state index in [-0.39, 0.29) is 132 Å². The molecule has 0 fully saturated rings. The van der Waals surface area contributed by atoms with Crippen LogP contribution in [-0.2, 0) is 85.8 Å². The van der Waals surface area contributed by atoms with E-state index in [0.29, 0.717) is 44.7 Å². The second-order valence-corrected chi connectivity index (χ2v) is 26.9. The molecule has 0 heterocycles. The van der Waals surface area contributed by atoms with Crippen LogP contribution in [0.2, 0.25) is 0 Å². The van der Waals surface area contributed by atoms with Crippen LogP contribution in [-0.4, -0.2) is 135 Å². The Morgan fingerprint density at radius 2 is 0.576 bits per heavy atom. The first-order valence-electron chi connectivity index (χ1n) is 30.4. The summed E-state index contributed by atoms with van der Waals surface area (Å²) in [7, 11) is 7.96. The van der Waals surface area contributed by atoms with Gasteiger partial charge in [0.2, 0.25) is 11.8 Å². The molecule has 2 amide bonds. The SMILES string of the molecule is C#C.C#C.C#CC.C#CC.COC(=O)CC(C)(C)C.COC(=O)CCC(=O)NCCC(C)(C)C.COC(=O)CCC(=O)NCCCC(C)(C)C.COC(=O)CCC(=O)OCCC(C)(C)C.COC(=O)CCC(=O)OCCCC(C)(C)C.COC(=O)OCCC(C)(C)C. The summed E-state index contributed by atoms with van der Waals surface area (Å²) in [6, 6.07) is 0. The molecule has 0 aromatic carbocycles. The second kappa shape index (κ2) is 66.7. The molecule has 21 nitrogen and oxygen atoms in total. The number of carbonyl (C=O) groups excluding carboxylic acids is 10. The lowest BCUT2D eigenvalue weighted by Gasteiger charge is -2.17. The quantitative estimate of drug-likeness (QED) is 0.0372. The van der Waals surface area contributed by atoms with Crippen molar-refractivity contribution in [3.8, 4) is 50.4 Å². The van der Waals surface area contributed by atoms with Crippen molar-refractivity contribution >= 4 is 59.8 Å². The van der Waals surface area contributed by atoms with Crippen LogP contribution in [0.25, 0.3) is 0 Å². The van der Waals surface area contributed by atoms with E-state index in [0.717, 1.165) is 44.9 Å². The van der Waals surface area contributed by atoms with Crippen LogP contribution in [0.5, 0.6) is 0 Å². The van der Waals surface area contributed by atoms with E-state index < -0.39 is 6.16 Å². The Bertz CT molecular complexity index is 1940. The van der Waals surface area contributed by atoms with Crippen molar-refractivity contribution in [1.82, 2.24) is 10.6 Å². The Labute approximate surface area is 558 Å². The fourth-order valence-corrected chi connectivity index (χ4v) is 5.26. The topological polar surface area (TPSA) is 278 Å². The van der Waals surface area contributed by atoms with Gasteiger partial charge in [0.15, 0.2) is 0 Å². The Balaban J connectivity index is -0.000000107. The van der Waals surface area contributed by atoms with Crippen molar-refractivity contribution in [2.75, 3.05) is 75.6 Å². The highest BCUT2D eigenvalue weighted by Gasteiger charge is 2.17. The van der Waals surface area contributed by atoms with E-state index in [9.17, 15) is 47.9 Å². The maximum atomic E-state index is 11.3. The normalized spacial score (nSPS) is 10.0. The highest BCUT2D eigenvalue weighted by molar-refractivity contribution is 5.82. The number of rotatable bonds is 25. The third-order valence-corrected chi connectivity index (χ3v) is 10.3. The average molecular weight is 1310 g/mol. The van der Waals surface area contributed by atoms with Gasteiger partial charge in [0, 0.05) is 25.9 Å². The monoisotopic (exact) mass is 1310 g/mol. The summed E-state index contributed by atoms with van der Waals surface area (Å²) >= 11 is 0. The van der Waals surface area contributed by atoms with E-state index in [4.69, 9.17) is 14.2 Å². The number of carbonyl (C=O) groups is 10. The standard InChI is InChI=1S/C12H23NO3.C12H22O4.C11H21NO3.C11H20O4.C8H16O3.C7H14O2.2C3H4.2C2H2/c1-12(2,3)8-5-9-13-10(14)6-7-11(15)16-4;1-12(2,3)8-5-9-16-11(14)7-6-10(13)15-4;1-11(2,3)7-8-12-9(13)5-6-10(14)15-4;1-11(2,3)7-8-15-10(13)6-5-9(12)14-4;1-8(2,3)5-6-11-7(9)10-4;1-7(2,3)5-6(8)9-4;2*1-3-2;2*1-2/h5-9H2,1-4H3,(H,13,14);5-9H2,1-4H3;5-8H2,1-4H3,(H,12,13);5-8H2,1-4H3;5-6H2,1-4H3;5H2,1-4H3;2*1H,2H3;2*1-2H. The third kappa shape index (κ3) is 124. The Morgan fingerprint density at radius 3 is 0.848 bits per heavy atom. The van der Waals surface area contributed by atoms with Gasteiger partial charge in [-0.3, -0.25) is 43.2 Å². The maximum absolute atomic E-state index is 11.3. The molecular formula is C71H128N2O19. The van der Waals surface area contributed by atoms with Crippen molar-refractivity contribution in [3.05, 3.63) is 0 Å². The molecule has 0 aromatic heterocycles. The first-order valence-corrected chi connectivity index (χ1v) is 30.4. The van der Waals surface area contributed by atoms with Crippen molar-refractivity contribution in [2.45, 2.75) is 241 Å². The molecule has 0 bridgehead atoms. The number of amides is 2. The van der Waals surface area contributed by atoms with Crippen LogP contribution >= 0.6 is 0 Å². The molecule has 0 radical (unpaired) electrons. The summed E-state index contributed by atoms with van der Waals surface area (Å²) in [5.74, 6) is 2.05. The molecule has 0 aliphatic heterocycles. The fourth-order valence-electron chi connectivity index (χ4n) is 5.26. The first kappa shape index (κ1) is 106. The van der Waals surface area contributed by atoms with Gasteiger partial charge in [0.25, 0.3) is 0 Å². The smallest absolute Gasteiger partial charge is 0.469 e. The van der Waals surface area contributed by atoms with Crippen LogP contribution in [0.4, 0.5) is 4.79 Å². The largest absolute Gasteiger partial charge is 0.507 e. The highest BCUT2D eigenvalue weighted by Crippen LogP contribution is 2.22. The van der Waals surface area contributed by atoms with Crippen molar-refractivity contribution in [1.29, 1.82) is 0 Å². The Kier molecular flexibility index (Phi) is 77.1. The van der Waals surface area contributed by atoms with Gasteiger partial charge in [-0.05, 0) is 91.3 Å². The molecule has 0 unspecified atom stereocenters. The third-order valence-electron chi connectivity index (χ3n) is 10.3. The number of methoxy groups -OCH3 is 6. The second-order valence-electron chi connectivity index (χ2n) is 26.9. The number of hydrogen-bond donors (Lipinski definition) is 2. The predicted molar refractivity (Wildman–Crippen MR) is 366 cm³/mol. The van der Waals surface area contributed by atoms with Gasteiger partial charge in [-0.1, -0.05) is 125 Å². The van der Waals surface area contributed by atoms with Crippen LogP contribution in [0.15, 0.2) is 0 Å². The van der Waals surface area contributed by atoms with Gasteiger partial charge in [-0.15, -0.1) is 50.4 Å². The molecule has 0 spiro atoms.